The van der Waals surface area contributed by atoms with Crippen molar-refractivity contribution < 1.29 is 4.79 Å². The highest BCUT2D eigenvalue weighted by molar-refractivity contribution is 5.96. The molecule has 26 heavy (non-hydrogen) atoms. The molecule has 0 unspecified atom stereocenters. The van der Waals surface area contributed by atoms with E-state index in [-0.39, 0.29) is 16.5 Å². The van der Waals surface area contributed by atoms with E-state index in [2.05, 4.69) is 15.3 Å². The van der Waals surface area contributed by atoms with Gasteiger partial charge < -0.3 is 9.88 Å². The van der Waals surface area contributed by atoms with E-state index in [1.165, 1.54) is 6.20 Å². The van der Waals surface area contributed by atoms with Crippen molar-refractivity contribution in [2.75, 3.05) is 0 Å². The maximum absolute atomic E-state index is 12.8. The number of carbonyl (C=O) groups excluding carboxylic acids is 1. The van der Waals surface area contributed by atoms with Gasteiger partial charge in [0.25, 0.3) is 5.91 Å². The maximum atomic E-state index is 12.8. The Balaban J connectivity index is 1.90. The summed E-state index contributed by atoms with van der Waals surface area (Å²) in [6.45, 7) is 4.40. The fraction of sp³-hybridized carbons (Fsp3) is 0.300. The van der Waals surface area contributed by atoms with E-state index in [9.17, 15) is 9.59 Å². The second-order valence-electron chi connectivity index (χ2n) is 6.42. The number of hydrogen-bond donors (Lipinski definition) is 1. The summed E-state index contributed by atoms with van der Waals surface area (Å²) in [7, 11) is 1.78. The molecule has 3 aromatic rings. The van der Waals surface area contributed by atoms with E-state index in [0.717, 1.165) is 17.5 Å². The zero-order valence-electron chi connectivity index (χ0n) is 15.2. The Morgan fingerprint density at radius 3 is 2.65 bits per heavy atom. The molecule has 6 heteroatoms. The lowest BCUT2D eigenvalue weighted by molar-refractivity contribution is 0.0949. The van der Waals surface area contributed by atoms with Crippen LogP contribution in [-0.2, 0) is 20.0 Å². The Morgan fingerprint density at radius 1 is 1.23 bits per heavy atom. The van der Waals surface area contributed by atoms with Crippen molar-refractivity contribution in [2.24, 2.45) is 7.05 Å². The lowest BCUT2D eigenvalue weighted by Gasteiger charge is -2.10. The molecule has 6 nitrogen and oxygen atoms in total. The second-order valence-corrected chi connectivity index (χ2v) is 6.42. The largest absolute Gasteiger partial charge is 0.348 e. The summed E-state index contributed by atoms with van der Waals surface area (Å²) in [6.07, 6.45) is 4.77. The summed E-state index contributed by atoms with van der Waals surface area (Å²) in [6, 6.07) is 7.89. The first-order chi connectivity index (χ1) is 12.5. The lowest BCUT2D eigenvalue weighted by atomic mass is 10.1. The molecular weight excluding hydrogens is 328 g/mol. The molecule has 0 radical (unpaired) electrons. The Hall–Kier alpha value is -3.02. The number of amides is 1. The van der Waals surface area contributed by atoms with Gasteiger partial charge in [0, 0.05) is 26.2 Å². The summed E-state index contributed by atoms with van der Waals surface area (Å²) in [4.78, 5) is 34.0. The molecule has 2 aromatic heterocycles. The van der Waals surface area contributed by atoms with Gasteiger partial charge in [0.15, 0.2) is 0 Å². The quantitative estimate of drug-likeness (QED) is 0.767. The first kappa shape index (κ1) is 17.8. The van der Waals surface area contributed by atoms with Crippen LogP contribution in [0.1, 0.15) is 40.7 Å². The Labute approximate surface area is 151 Å². The normalized spacial score (nSPS) is 10.9. The molecule has 1 N–H and O–H groups in total. The fourth-order valence-electron chi connectivity index (χ4n) is 2.78. The van der Waals surface area contributed by atoms with Gasteiger partial charge >= 0.3 is 0 Å². The topological polar surface area (TPSA) is 76.9 Å². The molecular formula is C20H22N4O2. The maximum Gasteiger partial charge on any atom is 0.257 e. The number of pyridine rings is 1. The third kappa shape index (κ3) is 3.64. The number of aryl methyl sites for hydroxylation is 3. The highest BCUT2D eigenvalue weighted by Crippen LogP contribution is 2.09. The Kier molecular flexibility index (Phi) is 5.11. The zero-order valence-corrected chi connectivity index (χ0v) is 15.2. The second kappa shape index (κ2) is 7.47. The van der Waals surface area contributed by atoms with Gasteiger partial charge in [-0.1, -0.05) is 36.8 Å². The van der Waals surface area contributed by atoms with Gasteiger partial charge in [0.1, 0.15) is 16.9 Å². The average Bonchev–Trinajstić information content (AvgIpc) is 2.64. The molecule has 0 aliphatic carbocycles. The summed E-state index contributed by atoms with van der Waals surface area (Å²) < 4.78 is 1.72. The molecule has 0 saturated heterocycles. The van der Waals surface area contributed by atoms with Crippen LogP contribution in [0, 0.1) is 6.92 Å². The van der Waals surface area contributed by atoms with Gasteiger partial charge in [0.2, 0.25) is 5.43 Å². The van der Waals surface area contributed by atoms with E-state index in [4.69, 9.17) is 0 Å². The number of hydrogen-bond acceptors (Lipinski definition) is 4. The number of rotatable bonds is 5. The minimum absolute atomic E-state index is 0.0910. The number of carbonyl (C=O) groups is 1. The number of fused-ring (bicyclic) bond motifs is 1. The molecule has 1 aromatic carbocycles. The van der Waals surface area contributed by atoms with Crippen molar-refractivity contribution >= 4 is 16.9 Å². The number of benzene rings is 1. The molecule has 1 amide bonds. The van der Waals surface area contributed by atoms with Crippen molar-refractivity contribution in [3.05, 3.63) is 69.4 Å². The molecule has 3 rings (SSSR count). The first-order valence-electron chi connectivity index (χ1n) is 8.68. The van der Waals surface area contributed by atoms with E-state index in [0.29, 0.717) is 24.3 Å². The molecule has 0 aliphatic heterocycles. The fourth-order valence-corrected chi connectivity index (χ4v) is 2.78. The average molecular weight is 350 g/mol. The van der Waals surface area contributed by atoms with Gasteiger partial charge in [0.05, 0.1) is 11.7 Å². The molecule has 0 fully saturated rings. The van der Waals surface area contributed by atoms with E-state index in [1.54, 1.807) is 17.8 Å². The van der Waals surface area contributed by atoms with Crippen LogP contribution >= 0.6 is 0 Å². The van der Waals surface area contributed by atoms with Crippen LogP contribution in [0.15, 0.2) is 41.5 Å². The van der Waals surface area contributed by atoms with E-state index in [1.807, 2.05) is 38.1 Å². The predicted molar refractivity (Wildman–Crippen MR) is 101 cm³/mol. The molecule has 2 heterocycles. The zero-order chi connectivity index (χ0) is 18.7. The highest BCUT2D eigenvalue weighted by Gasteiger charge is 2.16. The molecule has 0 bridgehead atoms. The van der Waals surface area contributed by atoms with Gasteiger partial charge in [-0.25, -0.2) is 9.97 Å². The van der Waals surface area contributed by atoms with Crippen molar-refractivity contribution in [1.29, 1.82) is 0 Å². The predicted octanol–water partition coefficient (Wildman–Crippen LogP) is 2.52. The van der Waals surface area contributed by atoms with Crippen molar-refractivity contribution in [2.45, 2.75) is 33.2 Å². The monoisotopic (exact) mass is 350 g/mol. The van der Waals surface area contributed by atoms with E-state index >= 15 is 0 Å². The van der Waals surface area contributed by atoms with Crippen LogP contribution in [0.4, 0.5) is 0 Å². The lowest BCUT2D eigenvalue weighted by Crippen LogP contribution is -2.29. The number of nitrogens with one attached hydrogen (secondary N) is 1. The third-order valence-electron chi connectivity index (χ3n) is 4.27. The third-order valence-corrected chi connectivity index (χ3v) is 4.27. The molecule has 0 saturated carbocycles. The summed E-state index contributed by atoms with van der Waals surface area (Å²) >= 11 is 0. The molecule has 0 aliphatic rings. The molecule has 0 spiro atoms. The Morgan fingerprint density at radius 2 is 1.96 bits per heavy atom. The summed E-state index contributed by atoms with van der Waals surface area (Å²) in [5.74, 6) is 0.220. The van der Waals surface area contributed by atoms with Gasteiger partial charge in [-0.15, -0.1) is 0 Å². The summed E-state index contributed by atoms with van der Waals surface area (Å²) in [5.41, 5.74) is 2.77. The highest BCUT2D eigenvalue weighted by atomic mass is 16.2. The SMILES string of the molecule is CCCc1ncc2c(n1)c(=O)c(C(=O)NCc1ccc(C)cc1)cn2C. The van der Waals surface area contributed by atoms with Crippen molar-refractivity contribution in [1.82, 2.24) is 19.9 Å². The molecule has 0 atom stereocenters. The first-order valence-corrected chi connectivity index (χ1v) is 8.68. The number of nitrogens with zero attached hydrogens (tertiary/aromatic N) is 3. The van der Waals surface area contributed by atoms with Gasteiger partial charge in [-0.3, -0.25) is 9.59 Å². The minimum atomic E-state index is -0.399. The van der Waals surface area contributed by atoms with Crippen LogP contribution < -0.4 is 10.7 Å². The summed E-state index contributed by atoms with van der Waals surface area (Å²) in [5, 5.41) is 2.81. The van der Waals surface area contributed by atoms with Gasteiger partial charge in [-0.2, -0.15) is 0 Å². The molecule has 134 valence electrons. The van der Waals surface area contributed by atoms with Crippen LogP contribution in [0.2, 0.25) is 0 Å². The van der Waals surface area contributed by atoms with Crippen LogP contribution in [-0.4, -0.2) is 20.4 Å². The van der Waals surface area contributed by atoms with E-state index < -0.39 is 5.91 Å². The number of aromatic nitrogens is 3. The van der Waals surface area contributed by atoms with Gasteiger partial charge in [-0.05, 0) is 18.9 Å². The van der Waals surface area contributed by atoms with Crippen molar-refractivity contribution in [3.8, 4) is 0 Å². The van der Waals surface area contributed by atoms with Crippen LogP contribution in [0.3, 0.4) is 0 Å². The smallest absolute Gasteiger partial charge is 0.257 e. The van der Waals surface area contributed by atoms with Crippen molar-refractivity contribution in [3.63, 3.8) is 0 Å². The Bertz CT molecular complexity index is 1010. The van der Waals surface area contributed by atoms with Crippen LogP contribution in [0.5, 0.6) is 0 Å². The van der Waals surface area contributed by atoms with Crippen LogP contribution in [0.25, 0.3) is 11.0 Å². The minimum Gasteiger partial charge on any atom is -0.348 e. The standard InChI is InChI=1S/C20H22N4O2/c1-4-5-17-21-11-16-18(23-17)19(25)15(12-24(16)3)20(26)22-10-14-8-6-13(2)7-9-14/h6-9,11-12H,4-5,10H2,1-3H3,(H,22,26).